The molecule has 9 heteroatoms. The van der Waals surface area contributed by atoms with Crippen molar-refractivity contribution in [2.24, 2.45) is 0 Å². The lowest BCUT2D eigenvalue weighted by Gasteiger charge is -2.29. The molecule has 1 amide bonds. The van der Waals surface area contributed by atoms with Crippen molar-refractivity contribution in [2.75, 3.05) is 40.9 Å². The Morgan fingerprint density at radius 2 is 1.33 bits per heavy atom. The number of phosphoric ester groups is 1. The van der Waals surface area contributed by atoms with Gasteiger partial charge in [-0.2, -0.15) is 0 Å². The molecule has 0 aromatic heterocycles. The van der Waals surface area contributed by atoms with Crippen molar-refractivity contribution in [1.29, 1.82) is 0 Å². The number of carbonyl (C=O) groups is 1. The first-order chi connectivity index (χ1) is 34.7. The second-order valence-electron chi connectivity index (χ2n) is 11.7. The monoisotopic (exact) mass is 734 g/mol. The first kappa shape index (κ1) is 16.9. The van der Waals surface area contributed by atoms with E-state index in [2.05, 4.69) is 6.92 Å². The van der Waals surface area contributed by atoms with Crippen LogP contribution in [0.4, 0.5) is 0 Å². The van der Waals surface area contributed by atoms with E-state index in [1.807, 2.05) is 0 Å². The van der Waals surface area contributed by atoms with Gasteiger partial charge in [-0.25, -0.2) is 0 Å². The fraction of sp³-hybridized carbons (Fsp3) is 0.923. The molecule has 286 valence electrons. The van der Waals surface area contributed by atoms with Crippen LogP contribution in [0, 0.1) is 0 Å². The van der Waals surface area contributed by atoms with E-state index in [0.29, 0.717) is 12.8 Å². The van der Waals surface area contributed by atoms with Crippen LogP contribution in [-0.4, -0.2) is 68.5 Å². The summed E-state index contributed by atoms with van der Waals surface area (Å²) >= 11 is 0. The lowest BCUT2D eigenvalue weighted by molar-refractivity contribution is -0.870. The molecular weight excluding hydrogens is 623 g/mol. The van der Waals surface area contributed by atoms with Crippen molar-refractivity contribution in [1.82, 2.24) is 5.32 Å². The van der Waals surface area contributed by atoms with Gasteiger partial charge in [0.15, 0.2) is 0 Å². The van der Waals surface area contributed by atoms with E-state index in [-0.39, 0.29) is 11.0 Å². The highest BCUT2D eigenvalue weighted by atomic mass is 31.2. The molecule has 0 aliphatic carbocycles. The standard InChI is InChI=1S/C39H79N2O6P/c1-6-8-10-12-14-16-18-20-22-24-26-28-30-32-38(42)37(36-47-48(44,45)46-35-34-41(3,4)5)40-39(43)33-31-29-27-25-23-21-19-17-15-13-11-9-7-2/h30,32,37-38,42H,6-29,31,33-36H2,1-5H3,(H-,40,43,44,45)/b32-30+/t37-,38+/m0/s1/i2D3,7D2,9D2,11D2,13D2,15D2,17D2,19D2,21D2,23D2,25D2,27D2,29D2,31D2,33D2. The minimum absolute atomic E-state index is 0.119. The summed E-state index contributed by atoms with van der Waals surface area (Å²) in [7, 11) is -0.217. The molecule has 0 aromatic rings. The molecule has 0 bridgehead atoms. The van der Waals surface area contributed by atoms with Crippen LogP contribution in [0.15, 0.2) is 12.2 Å². The maximum absolute atomic E-state index is 13.8. The molecule has 0 rings (SSSR count). The molecule has 1 unspecified atom stereocenters. The van der Waals surface area contributed by atoms with Crippen molar-refractivity contribution >= 4 is 13.7 Å². The smallest absolute Gasteiger partial charge is 0.268 e. The number of likely N-dealkylation sites (N-methyl/N-ethyl adjacent to an activating group) is 1. The van der Waals surface area contributed by atoms with Gasteiger partial charge in [0.2, 0.25) is 5.91 Å². The number of carbonyl (C=O) groups excluding carboxylic acids is 1. The lowest BCUT2D eigenvalue weighted by atomic mass is 10.0. The summed E-state index contributed by atoms with van der Waals surface area (Å²) in [4.78, 5) is 26.5. The maximum Gasteiger partial charge on any atom is 0.268 e. The largest absolute Gasteiger partial charge is 0.756 e. The maximum atomic E-state index is 13.8. The van der Waals surface area contributed by atoms with Gasteiger partial charge in [-0.1, -0.05) is 167 Å². The summed E-state index contributed by atoms with van der Waals surface area (Å²) < 4.78 is 278. The molecule has 3 atom stereocenters. The lowest BCUT2D eigenvalue weighted by Crippen LogP contribution is -2.45. The van der Waals surface area contributed by atoms with Gasteiger partial charge < -0.3 is 28.8 Å². The Balaban J connectivity index is 7.22. The van der Waals surface area contributed by atoms with E-state index in [1.165, 1.54) is 25.3 Å². The number of nitrogens with one attached hydrogen (secondary N) is 1. The third kappa shape index (κ3) is 33.7. The molecule has 0 radical (unpaired) electrons. The molecule has 0 spiro atoms. The normalized spacial score (nSPS) is 28.8. The summed E-state index contributed by atoms with van der Waals surface area (Å²) in [5.74, 6) is -2.31. The number of hydrogen-bond acceptors (Lipinski definition) is 6. The first-order valence-electron chi connectivity index (χ1n) is 31.7. The number of nitrogens with zero attached hydrogens (tertiary/aromatic N) is 1. The molecule has 0 aromatic carbocycles. The van der Waals surface area contributed by atoms with Crippen molar-refractivity contribution in [3.63, 3.8) is 0 Å². The van der Waals surface area contributed by atoms with E-state index < -0.39 is 135 Å². The quantitative estimate of drug-likeness (QED) is 0.0287. The van der Waals surface area contributed by atoms with Crippen LogP contribution in [0.5, 0.6) is 0 Å². The molecule has 8 nitrogen and oxygen atoms in total. The van der Waals surface area contributed by atoms with Gasteiger partial charge in [-0.3, -0.25) is 9.36 Å². The molecule has 0 fully saturated rings. The van der Waals surface area contributed by atoms with E-state index >= 15 is 0 Å². The fourth-order valence-corrected chi connectivity index (χ4v) is 4.52. The second-order valence-corrected chi connectivity index (χ2v) is 13.1. The van der Waals surface area contributed by atoms with Gasteiger partial charge in [-0.15, -0.1) is 0 Å². The van der Waals surface area contributed by atoms with Gasteiger partial charge in [0.25, 0.3) is 7.82 Å². The average Bonchev–Trinajstić information content (AvgIpc) is 3.27. The Kier molecular flexibility index (Phi) is 11.3. The molecule has 0 heterocycles. The van der Waals surface area contributed by atoms with Gasteiger partial charge in [-0.05, 0) is 19.2 Å². The van der Waals surface area contributed by atoms with Crippen LogP contribution in [0.1, 0.15) is 223 Å². The number of hydrogen-bond donors (Lipinski definition) is 2. The van der Waals surface area contributed by atoms with E-state index in [0.717, 1.165) is 51.0 Å². The Labute approximate surface area is 341 Å². The first-order valence-corrected chi connectivity index (χ1v) is 17.7. The molecule has 2 N–H and O–H groups in total. The van der Waals surface area contributed by atoms with Gasteiger partial charge in [0.1, 0.15) is 13.2 Å². The summed E-state index contributed by atoms with van der Waals surface area (Å²) in [6.07, 6.45) is -57.7. The number of quaternary nitrogens is 1. The van der Waals surface area contributed by atoms with E-state index in [1.54, 1.807) is 26.5 Å². The predicted octanol–water partition coefficient (Wildman–Crippen LogP) is 9.78. The van der Waals surface area contributed by atoms with Crippen LogP contribution < -0.4 is 10.2 Å². The molecule has 48 heavy (non-hydrogen) atoms. The van der Waals surface area contributed by atoms with Crippen molar-refractivity contribution in [3.8, 4) is 0 Å². The summed E-state index contributed by atoms with van der Waals surface area (Å²) in [5, 5.41) is 12.9. The summed E-state index contributed by atoms with van der Waals surface area (Å²) in [6.45, 7) is -3.61. The Morgan fingerprint density at radius 3 is 1.85 bits per heavy atom. The van der Waals surface area contributed by atoms with E-state index in [9.17, 15) is 19.4 Å². The van der Waals surface area contributed by atoms with Gasteiger partial charge in [0, 0.05) is 48.9 Å². The van der Waals surface area contributed by atoms with Crippen LogP contribution in [0.2, 0.25) is 0 Å². The van der Waals surface area contributed by atoms with Crippen LogP contribution in [-0.2, 0) is 18.4 Å². The van der Waals surface area contributed by atoms with Crippen molar-refractivity contribution in [3.05, 3.63) is 12.2 Å². The topological polar surface area (TPSA) is 108 Å². The molecule has 0 saturated heterocycles. The number of amides is 1. The van der Waals surface area contributed by atoms with Gasteiger partial charge >= 0.3 is 0 Å². The zero-order chi connectivity index (χ0) is 63.4. The minimum atomic E-state index is -5.30. The Morgan fingerprint density at radius 1 is 0.833 bits per heavy atom. The Bertz CT molecular complexity index is 2050. The second kappa shape index (κ2) is 32.2. The Hall–Kier alpha value is -0.760. The average molecular weight is 734 g/mol. The molecule has 0 aliphatic rings. The highest BCUT2D eigenvalue weighted by Crippen LogP contribution is 2.38. The van der Waals surface area contributed by atoms with Crippen LogP contribution >= 0.6 is 7.82 Å². The third-order valence-corrected chi connectivity index (χ3v) is 7.35. The summed E-state index contributed by atoms with van der Waals surface area (Å²) in [5.41, 5.74) is 0. The van der Waals surface area contributed by atoms with Crippen LogP contribution in [0.25, 0.3) is 0 Å². The molecular formula is C39H79N2O6P. The van der Waals surface area contributed by atoms with Crippen molar-refractivity contribution < 1.29 is 75.4 Å². The summed E-state index contributed by atoms with van der Waals surface area (Å²) in [6, 6.07) is -2.08. The minimum Gasteiger partial charge on any atom is -0.756 e. The van der Waals surface area contributed by atoms with E-state index in [4.69, 9.17) is 51.5 Å². The number of allylic oxidation sites excluding steroid dienone is 1. The molecule has 0 aliphatic heterocycles. The number of phosphoric acid groups is 1. The van der Waals surface area contributed by atoms with Crippen molar-refractivity contribution in [2.45, 2.75) is 192 Å². The van der Waals surface area contributed by atoms with Crippen LogP contribution in [0.3, 0.4) is 0 Å². The third-order valence-electron chi connectivity index (χ3n) is 6.39. The molecule has 0 saturated carbocycles. The zero-order valence-corrected chi connectivity index (χ0v) is 29.7. The highest BCUT2D eigenvalue weighted by Gasteiger charge is 2.23. The SMILES string of the molecule is [2H]C([2H])([2H])C([2H])([2H])C([2H])([2H])C([2H])([2H])C([2H])([2H])C([2H])([2H])C([2H])([2H])C([2H])([2H])C([2H])([2H])C([2H])([2H])C([2H])([2H])C([2H])([2H])C([2H])([2H])C([2H])([2H])C([2H])([2H])C(=O)N[C@@H](COP(=O)([O-])OCC[N+](C)(C)C)[C@H](O)/C=C/CCCCCCCCCCCCC. The number of unbranched alkanes of at least 4 members (excludes halogenated alkanes) is 11. The zero-order valence-electron chi connectivity index (χ0n) is 59.8. The number of rotatable bonds is 36. The van der Waals surface area contributed by atoms with Gasteiger partial charge in [0.05, 0.1) is 39.9 Å². The fourth-order valence-electron chi connectivity index (χ4n) is 3.79. The number of aliphatic hydroxyl groups excluding tert-OH is 1. The predicted molar refractivity (Wildman–Crippen MR) is 201 cm³/mol. The highest BCUT2D eigenvalue weighted by molar-refractivity contribution is 7.45. The number of aliphatic hydroxyl groups is 1.